The molecule has 166 valence electrons. The Balaban J connectivity index is 1.77. The summed E-state index contributed by atoms with van der Waals surface area (Å²) in [5.41, 5.74) is 0.318. The SMILES string of the molecule is O=C(O)NCCOc1ccc(-c2ccc(C(=O)N3CCOCC3)cc2)cc1C(F)(F)F. The van der Waals surface area contributed by atoms with Crippen molar-refractivity contribution in [3.05, 3.63) is 53.6 Å². The van der Waals surface area contributed by atoms with Crippen molar-refractivity contribution in [2.75, 3.05) is 39.5 Å². The largest absolute Gasteiger partial charge is 0.491 e. The molecule has 0 bridgehead atoms. The zero-order valence-electron chi connectivity index (χ0n) is 16.4. The van der Waals surface area contributed by atoms with Crippen molar-refractivity contribution >= 4 is 12.0 Å². The Morgan fingerprint density at radius 3 is 2.32 bits per heavy atom. The van der Waals surface area contributed by atoms with Crippen LogP contribution in [0, 0.1) is 0 Å². The Bertz CT molecular complexity index is 926. The number of hydrogen-bond acceptors (Lipinski definition) is 4. The maximum absolute atomic E-state index is 13.5. The summed E-state index contributed by atoms with van der Waals surface area (Å²) in [5, 5.41) is 10.5. The molecule has 31 heavy (non-hydrogen) atoms. The van der Waals surface area contributed by atoms with E-state index in [0.717, 1.165) is 6.07 Å². The third-order valence-electron chi connectivity index (χ3n) is 4.68. The van der Waals surface area contributed by atoms with Gasteiger partial charge in [0, 0.05) is 18.7 Å². The van der Waals surface area contributed by atoms with Gasteiger partial charge in [0.05, 0.1) is 25.3 Å². The third-order valence-corrected chi connectivity index (χ3v) is 4.68. The molecule has 1 heterocycles. The fourth-order valence-electron chi connectivity index (χ4n) is 3.13. The van der Waals surface area contributed by atoms with Crippen LogP contribution in [0.25, 0.3) is 11.1 Å². The predicted molar refractivity (Wildman–Crippen MR) is 105 cm³/mol. The first kappa shape index (κ1) is 22.4. The highest BCUT2D eigenvalue weighted by Crippen LogP contribution is 2.38. The molecule has 2 amide bonds. The van der Waals surface area contributed by atoms with Crippen molar-refractivity contribution in [1.82, 2.24) is 10.2 Å². The number of alkyl halides is 3. The summed E-state index contributed by atoms with van der Waals surface area (Å²) >= 11 is 0. The monoisotopic (exact) mass is 438 g/mol. The van der Waals surface area contributed by atoms with E-state index in [1.807, 2.05) is 5.32 Å². The lowest BCUT2D eigenvalue weighted by atomic mass is 10.0. The van der Waals surface area contributed by atoms with Crippen LogP contribution in [-0.4, -0.2) is 61.5 Å². The van der Waals surface area contributed by atoms with Gasteiger partial charge in [-0.15, -0.1) is 0 Å². The molecule has 0 unspecified atom stereocenters. The number of hydrogen-bond donors (Lipinski definition) is 2. The summed E-state index contributed by atoms with van der Waals surface area (Å²) in [6.07, 6.45) is -5.94. The third kappa shape index (κ3) is 5.88. The average Bonchev–Trinajstić information content (AvgIpc) is 2.76. The number of halogens is 3. The molecule has 2 aromatic rings. The standard InChI is InChI=1S/C21H21F3N2O5/c22-21(23,24)17-13-16(5-6-18(17)31-10-7-25-20(28)29)14-1-3-15(4-2-14)19(27)26-8-11-30-12-9-26/h1-6,13,25H,7-12H2,(H,28,29). The smallest absolute Gasteiger partial charge is 0.419 e. The van der Waals surface area contributed by atoms with Crippen LogP contribution in [0.1, 0.15) is 15.9 Å². The lowest BCUT2D eigenvalue weighted by Gasteiger charge is -2.26. The Hall–Kier alpha value is -3.27. The number of nitrogens with one attached hydrogen (secondary N) is 1. The number of carbonyl (C=O) groups excluding carboxylic acids is 1. The molecule has 0 radical (unpaired) electrons. The number of carboxylic acid groups (broad SMARTS) is 1. The van der Waals surface area contributed by atoms with Gasteiger partial charge in [0.15, 0.2) is 0 Å². The summed E-state index contributed by atoms with van der Waals surface area (Å²) in [7, 11) is 0. The number of benzene rings is 2. The van der Waals surface area contributed by atoms with Crippen LogP contribution < -0.4 is 10.1 Å². The Morgan fingerprint density at radius 2 is 1.71 bits per heavy atom. The van der Waals surface area contributed by atoms with Crippen LogP contribution in [0.15, 0.2) is 42.5 Å². The van der Waals surface area contributed by atoms with Gasteiger partial charge in [-0.2, -0.15) is 13.2 Å². The molecule has 0 spiro atoms. The molecule has 0 atom stereocenters. The van der Waals surface area contributed by atoms with Crippen molar-refractivity contribution in [2.45, 2.75) is 6.18 Å². The maximum atomic E-state index is 13.5. The molecule has 1 fully saturated rings. The first-order valence-electron chi connectivity index (χ1n) is 9.54. The molecule has 0 aromatic heterocycles. The Labute approximate surface area is 176 Å². The fraction of sp³-hybridized carbons (Fsp3) is 0.333. The van der Waals surface area contributed by atoms with E-state index >= 15 is 0 Å². The maximum Gasteiger partial charge on any atom is 0.419 e. The lowest BCUT2D eigenvalue weighted by Crippen LogP contribution is -2.40. The van der Waals surface area contributed by atoms with E-state index in [1.165, 1.54) is 12.1 Å². The van der Waals surface area contributed by atoms with Gasteiger partial charge in [0.25, 0.3) is 5.91 Å². The minimum Gasteiger partial charge on any atom is -0.491 e. The summed E-state index contributed by atoms with van der Waals surface area (Å²) < 4.78 is 50.9. The van der Waals surface area contributed by atoms with E-state index in [4.69, 9.17) is 14.6 Å². The van der Waals surface area contributed by atoms with E-state index in [1.54, 1.807) is 29.2 Å². The van der Waals surface area contributed by atoms with Gasteiger partial charge in [0.1, 0.15) is 12.4 Å². The van der Waals surface area contributed by atoms with Crippen LogP contribution in [0.2, 0.25) is 0 Å². The van der Waals surface area contributed by atoms with E-state index in [-0.39, 0.29) is 24.8 Å². The molecule has 0 saturated carbocycles. The van der Waals surface area contributed by atoms with Gasteiger partial charge in [-0.1, -0.05) is 18.2 Å². The minimum absolute atomic E-state index is 0.146. The van der Waals surface area contributed by atoms with Gasteiger partial charge in [-0.3, -0.25) is 4.79 Å². The van der Waals surface area contributed by atoms with Gasteiger partial charge in [-0.25, -0.2) is 4.79 Å². The highest BCUT2D eigenvalue weighted by molar-refractivity contribution is 5.94. The van der Waals surface area contributed by atoms with Crippen LogP contribution in [0.4, 0.5) is 18.0 Å². The number of rotatable bonds is 6. The van der Waals surface area contributed by atoms with E-state index in [2.05, 4.69) is 0 Å². The molecular formula is C21H21F3N2O5. The van der Waals surface area contributed by atoms with Crippen molar-refractivity contribution in [3.63, 3.8) is 0 Å². The number of ether oxygens (including phenoxy) is 2. The topological polar surface area (TPSA) is 88.1 Å². The fourth-order valence-corrected chi connectivity index (χ4v) is 3.13. The predicted octanol–water partition coefficient (Wildman–Crippen LogP) is 3.49. The summed E-state index contributed by atoms with van der Waals surface area (Å²) in [6.45, 7) is 1.56. The zero-order chi connectivity index (χ0) is 22.4. The summed E-state index contributed by atoms with van der Waals surface area (Å²) in [5.74, 6) is -0.535. The summed E-state index contributed by atoms with van der Waals surface area (Å²) in [4.78, 5) is 24.6. The van der Waals surface area contributed by atoms with Crippen LogP contribution >= 0.6 is 0 Å². The first-order chi connectivity index (χ1) is 14.8. The van der Waals surface area contributed by atoms with Gasteiger partial charge in [-0.05, 0) is 35.4 Å². The second-order valence-corrected chi connectivity index (χ2v) is 6.77. The van der Waals surface area contributed by atoms with E-state index in [9.17, 15) is 22.8 Å². The van der Waals surface area contributed by atoms with Gasteiger partial charge in [0.2, 0.25) is 0 Å². The van der Waals surface area contributed by atoms with E-state index < -0.39 is 17.8 Å². The second-order valence-electron chi connectivity index (χ2n) is 6.77. The molecule has 7 nitrogen and oxygen atoms in total. The Kier molecular flexibility index (Phi) is 7.01. The van der Waals surface area contributed by atoms with Gasteiger partial charge >= 0.3 is 12.3 Å². The molecular weight excluding hydrogens is 417 g/mol. The first-order valence-corrected chi connectivity index (χ1v) is 9.54. The van der Waals surface area contributed by atoms with Crippen LogP contribution in [0.5, 0.6) is 5.75 Å². The number of morpholine rings is 1. The normalized spacial score (nSPS) is 14.2. The van der Waals surface area contributed by atoms with Crippen molar-refractivity contribution < 1.29 is 37.3 Å². The van der Waals surface area contributed by atoms with Crippen molar-refractivity contribution in [3.8, 4) is 16.9 Å². The molecule has 2 N–H and O–H groups in total. The van der Waals surface area contributed by atoms with Crippen LogP contribution in [0.3, 0.4) is 0 Å². The van der Waals surface area contributed by atoms with Crippen molar-refractivity contribution in [1.29, 1.82) is 0 Å². The second kappa shape index (κ2) is 9.69. The van der Waals surface area contributed by atoms with Crippen LogP contribution in [-0.2, 0) is 10.9 Å². The zero-order valence-corrected chi connectivity index (χ0v) is 16.4. The lowest BCUT2D eigenvalue weighted by molar-refractivity contribution is -0.138. The molecule has 1 saturated heterocycles. The molecule has 0 aliphatic carbocycles. The molecule has 3 rings (SSSR count). The molecule has 1 aliphatic heterocycles. The summed E-state index contributed by atoms with van der Waals surface area (Å²) in [6, 6.07) is 10.0. The Morgan fingerprint density at radius 1 is 1.06 bits per heavy atom. The molecule has 1 aliphatic rings. The number of amides is 2. The minimum atomic E-state index is -4.65. The molecule has 2 aromatic carbocycles. The quantitative estimate of drug-likeness (QED) is 0.675. The van der Waals surface area contributed by atoms with Crippen molar-refractivity contribution in [2.24, 2.45) is 0 Å². The highest BCUT2D eigenvalue weighted by atomic mass is 19.4. The van der Waals surface area contributed by atoms with Gasteiger partial charge < -0.3 is 24.8 Å². The average molecular weight is 438 g/mol. The highest BCUT2D eigenvalue weighted by Gasteiger charge is 2.34. The molecule has 10 heteroatoms. The number of carbonyl (C=O) groups is 2. The number of nitrogens with zero attached hydrogens (tertiary/aromatic N) is 1. The van der Waals surface area contributed by atoms with E-state index in [0.29, 0.717) is 43.0 Å².